The van der Waals surface area contributed by atoms with Crippen LogP contribution in [0, 0.1) is 5.53 Å². The number of unbranched alkanes of at least 4 members (excludes halogenated alkanes) is 1. The standard InChI is InChI=1S/C4H10N2O/c1-2-3-4-7-6-5/h5H,2-4H2,1H3. The number of nitrogens with one attached hydrogen (secondary N) is 1. The van der Waals surface area contributed by atoms with Gasteiger partial charge in [0.1, 0.15) is 6.61 Å². The van der Waals surface area contributed by atoms with Crippen LogP contribution in [-0.4, -0.2) is 6.61 Å². The molecule has 0 aliphatic rings. The van der Waals surface area contributed by atoms with Crippen LogP contribution in [0.2, 0.25) is 0 Å². The molecule has 0 spiro atoms. The molecule has 0 rings (SSSR count). The maximum absolute atomic E-state index is 6.18. The van der Waals surface area contributed by atoms with Crippen LogP contribution in [0.1, 0.15) is 19.8 Å². The molecule has 0 unspecified atom stereocenters. The van der Waals surface area contributed by atoms with Gasteiger partial charge in [0.15, 0.2) is 0 Å². The molecule has 0 aliphatic heterocycles. The second-order valence-corrected chi connectivity index (χ2v) is 1.28. The van der Waals surface area contributed by atoms with Gasteiger partial charge in [-0.05, 0) is 6.42 Å². The fourth-order valence-corrected chi connectivity index (χ4v) is 0.255. The largest absolute Gasteiger partial charge is 0.380 e. The van der Waals surface area contributed by atoms with Gasteiger partial charge in [0, 0.05) is 5.28 Å². The summed E-state index contributed by atoms with van der Waals surface area (Å²) in [6.45, 7) is 2.65. The zero-order chi connectivity index (χ0) is 5.54. The van der Waals surface area contributed by atoms with E-state index in [2.05, 4.69) is 17.0 Å². The summed E-state index contributed by atoms with van der Waals surface area (Å²) in [7, 11) is 0. The van der Waals surface area contributed by atoms with Crippen LogP contribution >= 0.6 is 0 Å². The van der Waals surface area contributed by atoms with E-state index in [4.69, 9.17) is 5.53 Å². The molecular formula is C4H10N2O. The van der Waals surface area contributed by atoms with Gasteiger partial charge in [-0.1, -0.05) is 13.3 Å². The Kier molecular flexibility index (Phi) is 4.94. The molecule has 0 aliphatic carbocycles. The summed E-state index contributed by atoms with van der Waals surface area (Å²) in [5, 5.41) is 2.72. The van der Waals surface area contributed by atoms with Crippen LogP contribution in [-0.2, 0) is 4.84 Å². The molecular weight excluding hydrogens is 92.1 g/mol. The van der Waals surface area contributed by atoms with Gasteiger partial charge in [0.2, 0.25) is 0 Å². The van der Waals surface area contributed by atoms with E-state index in [0.717, 1.165) is 12.8 Å². The first-order valence-corrected chi connectivity index (χ1v) is 2.40. The molecule has 0 aromatic carbocycles. The first kappa shape index (κ1) is 6.40. The quantitative estimate of drug-likeness (QED) is 0.328. The predicted octanol–water partition coefficient (Wildman–Crippen LogP) is 1.75. The Labute approximate surface area is 43.1 Å². The highest BCUT2D eigenvalue weighted by Gasteiger charge is 1.78. The maximum atomic E-state index is 6.18. The van der Waals surface area contributed by atoms with Gasteiger partial charge in [0.25, 0.3) is 0 Å². The fraction of sp³-hybridized carbons (Fsp3) is 1.00. The summed E-state index contributed by atoms with van der Waals surface area (Å²) in [6, 6.07) is 0. The van der Waals surface area contributed by atoms with Crippen molar-refractivity contribution in [2.45, 2.75) is 19.8 Å². The van der Waals surface area contributed by atoms with Gasteiger partial charge in [-0.3, -0.25) is 0 Å². The second-order valence-electron chi connectivity index (χ2n) is 1.28. The number of hydrogen-bond donors (Lipinski definition) is 1. The van der Waals surface area contributed by atoms with E-state index in [9.17, 15) is 0 Å². The molecule has 0 saturated carbocycles. The van der Waals surface area contributed by atoms with Crippen LogP contribution in [0.5, 0.6) is 0 Å². The van der Waals surface area contributed by atoms with Gasteiger partial charge in [-0.25, -0.2) is 0 Å². The van der Waals surface area contributed by atoms with Gasteiger partial charge in [-0.2, -0.15) is 5.53 Å². The SMILES string of the molecule is CCCCON=N. The van der Waals surface area contributed by atoms with E-state index in [0.29, 0.717) is 6.61 Å². The van der Waals surface area contributed by atoms with Gasteiger partial charge in [-0.15, -0.1) is 0 Å². The molecule has 0 heterocycles. The van der Waals surface area contributed by atoms with Crippen LogP contribution in [0.15, 0.2) is 5.28 Å². The molecule has 0 radical (unpaired) electrons. The maximum Gasteiger partial charge on any atom is 0.118 e. The smallest absolute Gasteiger partial charge is 0.118 e. The predicted molar refractivity (Wildman–Crippen MR) is 26.0 cm³/mol. The first-order valence-electron chi connectivity index (χ1n) is 2.40. The van der Waals surface area contributed by atoms with Gasteiger partial charge in [0.05, 0.1) is 0 Å². The molecule has 0 bridgehead atoms. The molecule has 7 heavy (non-hydrogen) atoms. The summed E-state index contributed by atoms with van der Waals surface area (Å²) in [5.74, 6) is 0. The summed E-state index contributed by atoms with van der Waals surface area (Å²) in [5.41, 5.74) is 6.18. The topological polar surface area (TPSA) is 45.4 Å². The Morgan fingerprint density at radius 1 is 1.71 bits per heavy atom. The van der Waals surface area contributed by atoms with Crippen molar-refractivity contribution in [3.63, 3.8) is 0 Å². The molecule has 3 heteroatoms. The second kappa shape index (κ2) is 5.40. The zero-order valence-corrected chi connectivity index (χ0v) is 4.48. The third kappa shape index (κ3) is 5.40. The third-order valence-corrected chi connectivity index (χ3v) is 0.654. The molecule has 0 aromatic rings. The van der Waals surface area contributed by atoms with Crippen molar-refractivity contribution in [3.05, 3.63) is 0 Å². The highest BCUT2D eigenvalue weighted by atomic mass is 16.6. The molecule has 1 N–H and O–H groups in total. The number of hydrogen-bond acceptors (Lipinski definition) is 3. The summed E-state index contributed by atoms with van der Waals surface area (Å²) >= 11 is 0. The normalized spacial score (nSPS) is 8.14. The van der Waals surface area contributed by atoms with E-state index in [1.165, 1.54) is 0 Å². The summed E-state index contributed by atoms with van der Waals surface area (Å²) in [4.78, 5) is 4.37. The molecule has 42 valence electrons. The Morgan fingerprint density at radius 3 is 2.86 bits per heavy atom. The van der Waals surface area contributed by atoms with E-state index in [1.54, 1.807) is 0 Å². The van der Waals surface area contributed by atoms with Crippen LogP contribution in [0.25, 0.3) is 0 Å². The Balaban J connectivity index is 2.56. The van der Waals surface area contributed by atoms with E-state index in [1.807, 2.05) is 0 Å². The average Bonchev–Trinajstić information content (AvgIpc) is 1.69. The lowest BCUT2D eigenvalue weighted by atomic mass is 10.4. The van der Waals surface area contributed by atoms with Crippen molar-refractivity contribution in [1.82, 2.24) is 0 Å². The van der Waals surface area contributed by atoms with E-state index in [-0.39, 0.29) is 0 Å². The minimum absolute atomic E-state index is 0.583. The van der Waals surface area contributed by atoms with Crippen LogP contribution in [0.3, 0.4) is 0 Å². The fourth-order valence-electron chi connectivity index (χ4n) is 0.255. The van der Waals surface area contributed by atoms with Gasteiger partial charge >= 0.3 is 0 Å². The third-order valence-electron chi connectivity index (χ3n) is 0.654. The number of nitrogens with zero attached hydrogens (tertiary/aromatic N) is 1. The zero-order valence-electron chi connectivity index (χ0n) is 4.48. The molecule has 3 nitrogen and oxygen atoms in total. The van der Waals surface area contributed by atoms with E-state index >= 15 is 0 Å². The van der Waals surface area contributed by atoms with Crippen LogP contribution in [0.4, 0.5) is 0 Å². The lowest BCUT2D eigenvalue weighted by molar-refractivity contribution is 0.114. The average molecular weight is 102 g/mol. The monoisotopic (exact) mass is 102 g/mol. The Hall–Kier alpha value is -0.600. The highest BCUT2D eigenvalue weighted by Crippen LogP contribution is 1.86. The van der Waals surface area contributed by atoms with Crippen molar-refractivity contribution >= 4 is 0 Å². The lowest BCUT2D eigenvalue weighted by Crippen LogP contribution is -1.82. The minimum Gasteiger partial charge on any atom is -0.380 e. The molecule has 0 fully saturated rings. The lowest BCUT2D eigenvalue weighted by Gasteiger charge is -1.89. The van der Waals surface area contributed by atoms with Crippen molar-refractivity contribution in [3.8, 4) is 0 Å². The van der Waals surface area contributed by atoms with Crippen molar-refractivity contribution in [2.75, 3.05) is 6.61 Å². The highest BCUT2D eigenvalue weighted by molar-refractivity contribution is 4.26. The summed E-state index contributed by atoms with van der Waals surface area (Å²) in [6.07, 6.45) is 2.08. The van der Waals surface area contributed by atoms with Crippen molar-refractivity contribution in [2.24, 2.45) is 5.28 Å². The number of rotatable bonds is 4. The van der Waals surface area contributed by atoms with Crippen molar-refractivity contribution < 1.29 is 4.84 Å². The Bertz CT molecular complexity index is 47.0. The van der Waals surface area contributed by atoms with Crippen molar-refractivity contribution in [1.29, 1.82) is 5.53 Å². The molecule has 0 atom stereocenters. The van der Waals surface area contributed by atoms with Gasteiger partial charge < -0.3 is 4.84 Å². The van der Waals surface area contributed by atoms with E-state index < -0.39 is 0 Å². The molecule has 0 aromatic heterocycles. The van der Waals surface area contributed by atoms with Crippen LogP contribution < -0.4 is 0 Å². The summed E-state index contributed by atoms with van der Waals surface area (Å²) < 4.78 is 0. The molecule has 0 amide bonds. The first-order chi connectivity index (χ1) is 3.41. The Morgan fingerprint density at radius 2 is 2.43 bits per heavy atom. The molecule has 0 saturated heterocycles. The minimum atomic E-state index is 0.583.